The largest absolute Gasteiger partial charge is 0.351 e. The second-order valence-electron chi connectivity index (χ2n) is 7.20. The van der Waals surface area contributed by atoms with Crippen LogP contribution in [0.1, 0.15) is 37.7 Å². The summed E-state index contributed by atoms with van der Waals surface area (Å²) in [5.41, 5.74) is 0.750. The molecule has 0 aromatic heterocycles. The van der Waals surface area contributed by atoms with Crippen LogP contribution in [0.15, 0.2) is 57.9 Å². The summed E-state index contributed by atoms with van der Waals surface area (Å²) in [5.74, 6) is -0.718. The highest BCUT2D eigenvalue weighted by Crippen LogP contribution is 2.28. The SMILES string of the molecule is O=C(CN(C1CCCCC1)S(=O)(=O)c1ccc(Br)cc1)NCc1ccc(F)cc1. The van der Waals surface area contributed by atoms with Gasteiger partial charge in [0.05, 0.1) is 11.4 Å². The third-order valence-electron chi connectivity index (χ3n) is 5.10. The fourth-order valence-corrected chi connectivity index (χ4v) is 5.43. The van der Waals surface area contributed by atoms with E-state index in [4.69, 9.17) is 0 Å². The Hall–Kier alpha value is -1.77. The number of sulfonamides is 1. The monoisotopic (exact) mass is 482 g/mol. The quantitative estimate of drug-likeness (QED) is 0.641. The lowest BCUT2D eigenvalue weighted by Gasteiger charge is -2.33. The van der Waals surface area contributed by atoms with E-state index in [0.29, 0.717) is 0 Å². The molecular weight excluding hydrogens is 459 g/mol. The number of halogens is 2. The fraction of sp³-hybridized carbons (Fsp3) is 0.381. The Labute approximate surface area is 179 Å². The highest BCUT2D eigenvalue weighted by Gasteiger charge is 2.33. The number of rotatable bonds is 7. The minimum atomic E-state index is -3.80. The van der Waals surface area contributed by atoms with E-state index in [9.17, 15) is 17.6 Å². The van der Waals surface area contributed by atoms with Gasteiger partial charge in [-0.05, 0) is 54.8 Å². The molecule has 5 nitrogen and oxygen atoms in total. The van der Waals surface area contributed by atoms with Gasteiger partial charge in [-0.25, -0.2) is 12.8 Å². The molecule has 0 radical (unpaired) electrons. The van der Waals surface area contributed by atoms with Crippen LogP contribution in [0.3, 0.4) is 0 Å². The number of nitrogens with one attached hydrogen (secondary N) is 1. The topological polar surface area (TPSA) is 66.5 Å². The van der Waals surface area contributed by atoms with Gasteiger partial charge < -0.3 is 5.32 Å². The van der Waals surface area contributed by atoms with E-state index >= 15 is 0 Å². The van der Waals surface area contributed by atoms with Crippen molar-refractivity contribution in [3.63, 3.8) is 0 Å². The van der Waals surface area contributed by atoms with E-state index in [1.807, 2.05) is 0 Å². The number of hydrogen-bond acceptors (Lipinski definition) is 3. The highest BCUT2D eigenvalue weighted by atomic mass is 79.9. The normalized spacial score (nSPS) is 15.4. The maximum Gasteiger partial charge on any atom is 0.243 e. The molecule has 8 heteroatoms. The summed E-state index contributed by atoms with van der Waals surface area (Å²) in [6.45, 7) is -0.0137. The lowest BCUT2D eigenvalue weighted by molar-refractivity contribution is -0.121. The van der Waals surface area contributed by atoms with Crippen molar-refractivity contribution in [2.75, 3.05) is 6.54 Å². The van der Waals surface area contributed by atoms with Gasteiger partial charge in [0.1, 0.15) is 5.82 Å². The van der Waals surface area contributed by atoms with Crippen LogP contribution in [0.5, 0.6) is 0 Å². The van der Waals surface area contributed by atoms with Gasteiger partial charge in [-0.15, -0.1) is 0 Å². The van der Waals surface area contributed by atoms with Gasteiger partial charge in [-0.3, -0.25) is 4.79 Å². The molecule has 3 rings (SSSR count). The molecule has 0 bridgehead atoms. The smallest absolute Gasteiger partial charge is 0.243 e. The van der Waals surface area contributed by atoms with Gasteiger partial charge in [-0.1, -0.05) is 47.3 Å². The van der Waals surface area contributed by atoms with Crippen LogP contribution in [-0.2, 0) is 21.4 Å². The molecule has 29 heavy (non-hydrogen) atoms. The zero-order valence-corrected chi connectivity index (χ0v) is 18.4. The first kappa shape index (κ1) is 21.9. The molecule has 0 spiro atoms. The van der Waals surface area contributed by atoms with Gasteiger partial charge in [0, 0.05) is 17.1 Å². The molecule has 1 N–H and O–H groups in total. The summed E-state index contributed by atoms with van der Waals surface area (Å²) in [6, 6.07) is 12.1. The number of amides is 1. The van der Waals surface area contributed by atoms with Crippen LogP contribution in [0.25, 0.3) is 0 Å². The number of carbonyl (C=O) groups excluding carboxylic acids is 1. The van der Waals surface area contributed by atoms with E-state index < -0.39 is 10.0 Å². The third kappa shape index (κ3) is 5.87. The van der Waals surface area contributed by atoms with Crippen molar-refractivity contribution in [1.82, 2.24) is 9.62 Å². The lowest BCUT2D eigenvalue weighted by Crippen LogP contribution is -2.46. The van der Waals surface area contributed by atoms with E-state index in [0.717, 1.165) is 42.1 Å². The van der Waals surface area contributed by atoms with Crippen molar-refractivity contribution >= 4 is 31.9 Å². The number of benzene rings is 2. The van der Waals surface area contributed by atoms with Crippen LogP contribution >= 0.6 is 15.9 Å². The first-order valence-electron chi connectivity index (χ1n) is 9.65. The number of nitrogens with zero attached hydrogens (tertiary/aromatic N) is 1. The predicted octanol–water partition coefficient (Wildman–Crippen LogP) is 4.23. The average molecular weight is 483 g/mol. The molecule has 0 saturated heterocycles. The van der Waals surface area contributed by atoms with Crippen molar-refractivity contribution in [2.45, 2.75) is 49.6 Å². The third-order valence-corrected chi connectivity index (χ3v) is 7.55. The summed E-state index contributed by atoms with van der Waals surface area (Å²) < 4.78 is 41.7. The Bertz CT molecular complexity index is 927. The van der Waals surface area contributed by atoms with Crippen molar-refractivity contribution < 1.29 is 17.6 Å². The lowest BCUT2D eigenvalue weighted by atomic mass is 9.95. The molecule has 2 aromatic rings. The first-order valence-corrected chi connectivity index (χ1v) is 11.9. The van der Waals surface area contributed by atoms with Gasteiger partial charge >= 0.3 is 0 Å². The Balaban J connectivity index is 1.75. The van der Waals surface area contributed by atoms with Gasteiger partial charge in [0.15, 0.2) is 0 Å². The van der Waals surface area contributed by atoms with E-state index in [2.05, 4.69) is 21.2 Å². The molecule has 0 atom stereocenters. The number of carbonyl (C=O) groups is 1. The van der Waals surface area contributed by atoms with Gasteiger partial charge in [0.2, 0.25) is 15.9 Å². The van der Waals surface area contributed by atoms with Crippen molar-refractivity contribution in [3.05, 3.63) is 64.4 Å². The van der Waals surface area contributed by atoms with Crippen molar-refractivity contribution in [3.8, 4) is 0 Å². The zero-order valence-electron chi connectivity index (χ0n) is 16.0. The summed E-state index contributed by atoms with van der Waals surface area (Å²) in [4.78, 5) is 12.7. The van der Waals surface area contributed by atoms with Crippen LogP contribution in [0.4, 0.5) is 4.39 Å². The standard InChI is InChI=1S/C21H24BrFN2O3S/c22-17-8-12-20(13-9-17)29(27,28)25(19-4-2-1-3-5-19)15-21(26)24-14-16-6-10-18(23)11-7-16/h6-13,19H,1-5,14-15H2,(H,24,26). The van der Waals surface area contributed by atoms with E-state index in [-0.39, 0.29) is 35.8 Å². The molecule has 0 aliphatic heterocycles. The van der Waals surface area contributed by atoms with Crippen LogP contribution in [0, 0.1) is 5.82 Å². The molecule has 2 aromatic carbocycles. The fourth-order valence-electron chi connectivity index (χ4n) is 3.52. The second kappa shape index (κ2) is 9.82. The zero-order chi connectivity index (χ0) is 20.9. The van der Waals surface area contributed by atoms with Crippen LogP contribution < -0.4 is 5.32 Å². The Morgan fingerprint density at radius 2 is 1.66 bits per heavy atom. The molecule has 1 aliphatic carbocycles. The highest BCUT2D eigenvalue weighted by molar-refractivity contribution is 9.10. The molecule has 1 fully saturated rings. The molecule has 156 valence electrons. The van der Waals surface area contributed by atoms with E-state index in [1.165, 1.54) is 16.4 Å². The second-order valence-corrected chi connectivity index (χ2v) is 10.0. The number of hydrogen-bond donors (Lipinski definition) is 1. The Kier molecular flexibility index (Phi) is 7.43. The molecule has 0 heterocycles. The molecule has 1 amide bonds. The molecule has 1 aliphatic rings. The van der Waals surface area contributed by atoms with Crippen LogP contribution in [-0.4, -0.2) is 31.2 Å². The van der Waals surface area contributed by atoms with Crippen LogP contribution in [0.2, 0.25) is 0 Å². The minimum Gasteiger partial charge on any atom is -0.351 e. The van der Waals surface area contributed by atoms with Gasteiger partial charge in [-0.2, -0.15) is 4.31 Å². The summed E-state index contributed by atoms with van der Waals surface area (Å²) in [6.07, 6.45) is 4.49. The summed E-state index contributed by atoms with van der Waals surface area (Å²) in [7, 11) is -3.80. The molecule has 0 unspecified atom stereocenters. The minimum absolute atomic E-state index is 0.178. The maximum absolute atomic E-state index is 13.3. The maximum atomic E-state index is 13.3. The summed E-state index contributed by atoms with van der Waals surface area (Å²) >= 11 is 3.32. The Morgan fingerprint density at radius 1 is 1.03 bits per heavy atom. The molecule has 1 saturated carbocycles. The predicted molar refractivity (Wildman–Crippen MR) is 113 cm³/mol. The first-order chi connectivity index (χ1) is 13.9. The average Bonchev–Trinajstić information content (AvgIpc) is 2.72. The Morgan fingerprint density at radius 3 is 2.28 bits per heavy atom. The molecular formula is C21H24BrFN2O3S. The van der Waals surface area contributed by atoms with E-state index in [1.54, 1.807) is 36.4 Å². The van der Waals surface area contributed by atoms with Crippen molar-refractivity contribution in [2.24, 2.45) is 0 Å². The summed E-state index contributed by atoms with van der Waals surface area (Å²) in [5, 5.41) is 2.75. The van der Waals surface area contributed by atoms with Gasteiger partial charge in [0.25, 0.3) is 0 Å². The van der Waals surface area contributed by atoms with Crippen molar-refractivity contribution in [1.29, 1.82) is 0 Å².